The van der Waals surface area contributed by atoms with Crippen molar-refractivity contribution < 1.29 is 9.47 Å². The Hall–Kier alpha value is -2.87. The van der Waals surface area contributed by atoms with Gasteiger partial charge >= 0.3 is 0 Å². The lowest BCUT2D eigenvalue weighted by Crippen LogP contribution is -2.22. The van der Waals surface area contributed by atoms with Gasteiger partial charge in [0.25, 0.3) is 5.56 Å². The van der Waals surface area contributed by atoms with Crippen molar-refractivity contribution in [2.45, 2.75) is 39.7 Å². The number of aryl methyl sites for hydroxylation is 1. The van der Waals surface area contributed by atoms with Crippen molar-refractivity contribution in [3.05, 3.63) is 96.4 Å². The number of benzene rings is 3. The second kappa shape index (κ2) is 12.6. The molecule has 0 bridgehead atoms. The first kappa shape index (κ1) is 27.2. The average Bonchev–Trinajstić information content (AvgIpc) is 2.89. The third-order valence-electron chi connectivity index (χ3n) is 5.60. The number of fused-ring (bicyclic) bond motifs is 1. The van der Waals surface area contributed by atoms with Crippen LogP contribution in [0.4, 0.5) is 0 Å². The lowest BCUT2D eigenvalue weighted by atomic mass is 10.2. The summed E-state index contributed by atoms with van der Waals surface area (Å²) in [6.07, 6.45) is 4.18. The van der Waals surface area contributed by atoms with E-state index in [0.717, 1.165) is 28.4 Å². The molecule has 3 aromatic carbocycles. The van der Waals surface area contributed by atoms with Crippen LogP contribution in [-0.2, 0) is 13.0 Å². The molecular formula is C28H26BrCl2N3O3. The Balaban J connectivity index is 1.63. The van der Waals surface area contributed by atoms with Crippen molar-refractivity contribution in [1.82, 2.24) is 9.66 Å². The lowest BCUT2D eigenvalue weighted by Gasteiger charge is -2.13. The maximum Gasteiger partial charge on any atom is 0.282 e. The maximum absolute atomic E-state index is 13.3. The fraction of sp³-hybridized carbons (Fsp3) is 0.250. The minimum atomic E-state index is -0.208. The molecule has 37 heavy (non-hydrogen) atoms. The fourth-order valence-corrected chi connectivity index (χ4v) is 4.40. The molecule has 4 aromatic rings. The van der Waals surface area contributed by atoms with E-state index in [-0.39, 0.29) is 5.56 Å². The highest BCUT2D eigenvalue weighted by Crippen LogP contribution is 2.30. The maximum atomic E-state index is 13.3. The van der Waals surface area contributed by atoms with E-state index in [1.54, 1.807) is 24.4 Å². The van der Waals surface area contributed by atoms with E-state index in [9.17, 15) is 4.79 Å². The molecule has 0 spiro atoms. The minimum absolute atomic E-state index is 0.208. The van der Waals surface area contributed by atoms with Gasteiger partial charge in [-0.2, -0.15) is 9.78 Å². The van der Waals surface area contributed by atoms with Crippen molar-refractivity contribution in [3.63, 3.8) is 0 Å². The van der Waals surface area contributed by atoms with Gasteiger partial charge in [0, 0.05) is 10.9 Å². The largest absolute Gasteiger partial charge is 0.490 e. The summed E-state index contributed by atoms with van der Waals surface area (Å²) in [5, 5.41) is 6.01. The Kier molecular flexibility index (Phi) is 9.24. The molecule has 4 rings (SSSR count). The summed E-state index contributed by atoms with van der Waals surface area (Å²) in [4.78, 5) is 18.0. The first-order chi connectivity index (χ1) is 17.9. The molecule has 0 fully saturated rings. The van der Waals surface area contributed by atoms with E-state index in [4.69, 9.17) is 37.7 Å². The van der Waals surface area contributed by atoms with Crippen LogP contribution in [0.5, 0.6) is 11.5 Å². The molecule has 1 heterocycles. The van der Waals surface area contributed by atoms with Crippen LogP contribution in [0.1, 0.15) is 43.6 Å². The molecule has 1 aromatic heterocycles. The molecule has 0 unspecified atom stereocenters. The molecule has 0 aliphatic carbocycles. The monoisotopic (exact) mass is 601 g/mol. The standard InChI is InChI=1S/C28H26BrCl2N3O3/c1-3-5-6-27-33-24-11-9-20(29)15-21(24)28(35)34(27)32-16-18-8-12-25(26(14-18)36-4-2)37-17-19-7-10-22(30)23(31)13-19/h7-16H,3-6,17H2,1-2H3. The molecule has 0 N–H and O–H groups in total. The van der Waals surface area contributed by atoms with E-state index in [1.807, 2.05) is 43.3 Å². The van der Waals surface area contributed by atoms with Gasteiger partial charge in [-0.1, -0.05) is 58.5 Å². The second-order valence-electron chi connectivity index (χ2n) is 8.33. The highest BCUT2D eigenvalue weighted by atomic mass is 79.9. The van der Waals surface area contributed by atoms with E-state index in [2.05, 4.69) is 28.0 Å². The summed E-state index contributed by atoms with van der Waals surface area (Å²) in [5.41, 5.74) is 2.10. The molecule has 0 saturated carbocycles. The zero-order valence-electron chi connectivity index (χ0n) is 20.5. The quantitative estimate of drug-likeness (QED) is 0.175. The van der Waals surface area contributed by atoms with Crippen LogP contribution in [0.25, 0.3) is 10.9 Å². The van der Waals surface area contributed by atoms with Gasteiger partial charge in [-0.15, -0.1) is 0 Å². The van der Waals surface area contributed by atoms with E-state index in [0.29, 0.717) is 57.9 Å². The molecule has 0 atom stereocenters. The van der Waals surface area contributed by atoms with Crippen LogP contribution >= 0.6 is 39.1 Å². The first-order valence-electron chi connectivity index (χ1n) is 12.0. The second-order valence-corrected chi connectivity index (χ2v) is 10.1. The van der Waals surface area contributed by atoms with Gasteiger partial charge in [0.15, 0.2) is 11.5 Å². The number of aromatic nitrogens is 2. The molecule has 9 heteroatoms. The summed E-state index contributed by atoms with van der Waals surface area (Å²) in [6.45, 7) is 4.78. The number of nitrogens with zero attached hydrogens (tertiary/aromatic N) is 3. The third kappa shape index (κ3) is 6.72. The zero-order valence-corrected chi connectivity index (χ0v) is 23.6. The average molecular weight is 603 g/mol. The molecule has 6 nitrogen and oxygen atoms in total. The number of unbranched alkanes of at least 4 members (excludes halogenated alkanes) is 1. The third-order valence-corrected chi connectivity index (χ3v) is 6.83. The molecule has 0 aliphatic heterocycles. The Morgan fingerprint density at radius 2 is 1.84 bits per heavy atom. The summed E-state index contributed by atoms with van der Waals surface area (Å²) in [6, 6.07) is 16.4. The summed E-state index contributed by atoms with van der Waals surface area (Å²) < 4.78 is 14.0. The van der Waals surface area contributed by atoms with Crippen LogP contribution in [-0.4, -0.2) is 22.5 Å². The van der Waals surface area contributed by atoms with Crippen LogP contribution in [0.15, 0.2) is 69.0 Å². The van der Waals surface area contributed by atoms with Crippen molar-refractivity contribution in [1.29, 1.82) is 0 Å². The first-order valence-corrected chi connectivity index (χ1v) is 13.5. The number of ether oxygens (including phenoxy) is 2. The molecule has 0 saturated heterocycles. The molecule has 192 valence electrons. The minimum Gasteiger partial charge on any atom is -0.490 e. The SMILES string of the molecule is CCCCc1nc2ccc(Br)cc2c(=O)n1N=Cc1ccc(OCc2ccc(Cl)c(Cl)c2)c(OCC)c1. The van der Waals surface area contributed by atoms with Gasteiger partial charge < -0.3 is 9.47 Å². The van der Waals surface area contributed by atoms with Crippen molar-refractivity contribution in [3.8, 4) is 11.5 Å². The Morgan fingerprint density at radius 3 is 2.59 bits per heavy atom. The van der Waals surface area contributed by atoms with E-state index in [1.165, 1.54) is 4.68 Å². The lowest BCUT2D eigenvalue weighted by molar-refractivity contribution is 0.269. The number of halogens is 3. The van der Waals surface area contributed by atoms with Gasteiger partial charge in [-0.25, -0.2) is 4.98 Å². The van der Waals surface area contributed by atoms with Gasteiger partial charge in [0.2, 0.25) is 0 Å². The van der Waals surface area contributed by atoms with Gasteiger partial charge in [-0.3, -0.25) is 4.79 Å². The van der Waals surface area contributed by atoms with Gasteiger partial charge in [0.05, 0.1) is 33.8 Å². The predicted molar refractivity (Wildman–Crippen MR) is 154 cm³/mol. The number of hydrogen-bond acceptors (Lipinski definition) is 5. The Bertz CT molecular complexity index is 1500. The molecule has 0 amide bonds. The normalized spacial score (nSPS) is 11.4. The Labute approximate surface area is 234 Å². The van der Waals surface area contributed by atoms with Gasteiger partial charge in [0.1, 0.15) is 12.4 Å². The zero-order chi connectivity index (χ0) is 26.4. The van der Waals surface area contributed by atoms with Crippen molar-refractivity contribution >= 4 is 56.2 Å². The summed E-state index contributed by atoms with van der Waals surface area (Å²) >= 11 is 15.6. The van der Waals surface area contributed by atoms with Crippen LogP contribution in [0.3, 0.4) is 0 Å². The predicted octanol–water partition coefficient (Wildman–Crippen LogP) is 7.67. The molecular weight excluding hydrogens is 577 g/mol. The van der Waals surface area contributed by atoms with Crippen LogP contribution < -0.4 is 15.0 Å². The highest BCUT2D eigenvalue weighted by molar-refractivity contribution is 9.10. The Morgan fingerprint density at radius 1 is 1.00 bits per heavy atom. The van der Waals surface area contributed by atoms with Crippen molar-refractivity contribution in [2.75, 3.05) is 6.61 Å². The van der Waals surface area contributed by atoms with Crippen LogP contribution in [0, 0.1) is 0 Å². The smallest absolute Gasteiger partial charge is 0.282 e. The number of rotatable bonds is 10. The number of hydrogen-bond donors (Lipinski definition) is 0. The summed E-state index contributed by atoms with van der Waals surface area (Å²) in [7, 11) is 0. The summed E-state index contributed by atoms with van der Waals surface area (Å²) in [5.74, 6) is 1.79. The molecule has 0 radical (unpaired) electrons. The molecule has 0 aliphatic rings. The fourth-order valence-electron chi connectivity index (χ4n) is 3.72. The van der Waals surface area contributed by atoms with Gasteiger partial charge in [-0.05, 0) is 73.0 Å². The van der Waals surface area contributed by atoms with Crippen molar-refractivity contribution in [2.24, 2.45) is 5.10 Å². The van der Waals surface area contributed by atoms with E-state index < -0.39 is 0 Å². The topological polar surface area (TPSA) is 65.7 Å². The highest BCUT2D eigenvalue weighted by Gasteiger charge is 2.12. The van der Waals surface area contributed by atoms with Crippen LogP contribution in [0.2, 0.25) is 10.0 Å². The van der Waals surface area contributed by atoms with E-state index >= 15 is 0 Å².